The highest BCUT2D eigenvalue weighted by Gasteiger charge is 2.02. The first-order valence-electron chi connectivity index (χ1n) is 5.99. The van der Waals surface area contributed by atoms with Crippen molar-refractivity contribution in [1.82, 2.24) is 5.32 Å². The molecule has 2 heteroatoms. The maximum absolute atomic E-state index is 8.68. The zero-order valence-corrected chi connectivity index (χ0v) is 10.2. The van der Waals surface area contributed by atoms with Gasteiger partial charge in [-0.2, -0.15) is 5.26 Å². The predicted molar refractivity (Wildman–Crippen MR) is 66.9 cm³/mol. The molecular formula is C14H20N2. The maximum Gasteiger partial charge on any atom is 0.0991 e. The van der Waals surface area contributed by atoms with Crippen LogP contribution in [0, 0.1) is 17.2 Å². The van der Waals surface area contributed by atoms with E-state index >= 15 is 0 Å². The first-order valence-corrected chi connectivity index (χ1v) is 5.99. The van der Waals surface area contributed by atoms with Crippen LogP contribution in [0.3, 0.4) is 0 Å². The highest BCUT2D eigenvalue weighted by molar-refractivity contribution is 5.31. The van der Waals surface area contributed by atoms with Crippen LogP contribution in [0.15, 0.2) is 24.3 Å². The minimum absolute atomic E-state index is 0.726. The molecule has 0 aliphatic heterocycles. The molecule has 86 valence electrons. The molecular weight excluding hydrogens is 196 g/mol. The molecule has 1 aromatic carbocycles. The Morgan fingerprint density at radius 1 is 1.19 bits per heavy atom. The van der Waals surface area contributed by atoms with Crippen LogP contribution in [0.1, 0.15) is 37.8 Å². The van der Waals surface area contributed by atoms with Crippen molar-refractivity contribution in [1.29, 1.82) is 5.26 Å². The number of nitrogens with zero attached hydrogens (tertiary/aromatic N) is 1. The van der Waals surface area contributed by atoms with E-state index in [9.17, 15) is 0 Å². The van der Waals surface area contributed by atoms with E-state index in [1.54, 1.807) is 0 Å². The molecule has 2 nitrogen and oxygen atoms in total. The summed E-state index contributed by atoms with van der Waals surface area (Å²) in [6.07, 6.45) is 2.47. The van der Waals surface area contributed by atoms with Gasteiger partial charge in [0.25, 0.3) is 0 Å². The summed E-state index contributed by atoms with van der Waals surface area (Å²) >= 11 is 0. The van der Waals surface area contributed by atoms with E-state index < -0.39 is 0 Å². The van der Waals surface area contributed by atoms with Crippen LogP contribution in [0.25, 0.3) is 0 Å². The molecule has 0 radical (unpaired) electrons. The zero-order chi connectivity index (χ0) is 11.8. The number of benzene rings is 1. The van der Waals surface area contributed by atoms with E-state index in [2.05, 4.69) is 25.2 Å². The lowest BCUT2D eigenvalue weighted by atomic mass is 10.0. The smallest absolute Gasteiger partial charge is 0.0991 e. The molecule has 0 saturated carbocycles. The highest BCUT2D eigenvalue weighted by atomic mass is 14.9. The zero-order valence-electron chi connectivity index (χ0n) is 10.2. The molecule has 0 saturated heterocycles. The second kappa shape index (κ2) is 7.03. The predicted octanol–water partition coefficient (Wildman–Crippen LogP) is 3.08. The molecule has 0 spiro atoms. The summed E-state index contributed by atoms with van der Waals surface area (Å²) in [4.78, 5) is 0. The third-order valence-corrected chi connectivity index (χ3v) is 3.00. The third-order valence-electron chi connectivity index (χ3n) is 3.00. The number of hydrogen-bond donors (Lipinski definition) is 1. The quantitative estimate of drug-likeness (QED) is 0.793. The van der Waals surface area contributed by atoms with Crippen molar-refractivity contribution in [2.75, 3.05) is 6.54 Å². The van der Waals surface area contributed by atoms with Gasteiger partial charge in [0, 0.05) is 6.54 Å². The summed E-state index contributed by atoms with van der Waals surface area (Å²) in [7, 11) is 0. The minimum atomic E-state index is 0.726. The molecule has 1 aromatic rings. The van der Waals surface area contributed by atoms with Gasteiger partial charge >= 0.3 is 0 Å². The summed E-state index contributed by atoms with van der Waals surface area (Å²) < 4.78 is 0. The van der Waals surface area contributed by atoms with Gasteiger partial charge in [-0.25, -0.2) is 0 Å². The molecule has 0 bridgehead atoms. The van der Waals surface area contributed by atoms with Crippen LogP contribution < -0.4 is 5.32 Å². The molecule has 1 rings (SSSR count). The van der Waals surface area contributed by atoms with Crippen molar-refractivity contribution in [3.05, 3.63) is 35.4 Å². The van der Waals surface area contributed by atoms with Gasteiger partial charge in [-0.3, -0.25) is 0 Å². The Labute approximate surface area is 98.3 Å². The van der Waals surface area contributed by atoms with Gasteiger partial charge in [-0.05, 0) is 30.2 Å². The van der Waals surface area contributed by atoms with Gasteiger partial charge in [0.1, 0.15) is 0 Å². The Morgan fingerprint density at radius 3 is 2.31 bits per heavy atom. The van der Waals surface area contributed by atoms with Crippen LogP contribution >= 0.6 is 0 Å². The first-order chi connectivity index (χ1) is 7.80. The monoisotopic (exact) mass is 216 g/mol. The van der Waals surface area contributed by atoms with Gasteiger partial charge in [-0.15, -0.1) is 0 Å². The fourth-order valence-corrected chi connectivity index (χ4v) is 1.70. The van der Waals surface area contributed by atoms with Crippen molar-refractivity contribution in [2.24, 2.45) is 5.92 Å². The Morgan fingerprint density at radius 2 is 1.81 bits per heavy atom. The molecule has 0 amide bonds. The topological polar surface area (TPSA) is 35.8 Å². The van der Waals surface area contributed by atoms with Gasteiger partial charge in [0.15, 0.2) is 0 Å². The Bertz CT molecular complexity index is 331. The molecule has 0 atom stereocenters. The van der Waals surface area contributed by atoms with Gasteiger partial charge in [0.05, 0.1) is 11.6 Å². The molecule has 0 unspecified atom stereocenters. The summed E-state index contributed by atoms with van der Waals surface area (Å²) in [5.74, 6) is 0.776. The average Bonchev–Trinajstić information content (AvgIpc) is 2.35. The molecule has 0 heterocycles. The fraction of sp³-hybridized carbons (Fsp3) is 0.500. The third kappa shape index (κ3) is 4.04. The van der Waals surface area contributed by atoms with Crippen LogP contribution in [-0.2, 0) is 6.54 Å². The van der Waals surface area contributed by atoms with Crippen molar-refractivity contribution in [3.63, 3.8) is 0 Å². The van der Waals surface area contributed by atoms with Crippen molar-refractivity contribution >= 4 is 0 Å². The standard InChI is InChI=1S/C14H20N2/c1-3-12(4-2)10-16-11-14-7-5-13(9-15)6-8-14/h5-8,12,16H,3-4,10-11H2,1-2H3. The van der Waals surface area contributed by atoms with Gasteiger partial charge in [0.2, 0.25) is 0 Å². The summed E-state index contributed by atoms with van der Waals surface area (Å²) in [5.41, 5.74) is 1.97. The molecule has 16 heavy (non-hydrogen) atoms. The van der Waals surface area contributed by atoms with E-state index in [0.717, 1.165) is 24.6 Å². The molecule has 0 fully saturated rings. The fourth-order valence-electron chi connectivity index (χ4n) is 1.70. The second-order valence-electron chi connectivity index (χ2n) is 4.12. The van der Waals surface area contributed by atoms with Crippen LogP contribution in [0.4, 0.5) is 0 Å². The summed E-state index contributed by atoms with van der Waals surface area (Å²) in [6, 6.07) is 9.89. The van der Waals surface area contributed by atoms with Crippen molar-refractivity contribution < 1.29 is 0 Å². The summed E-state index contributed by atoms with van der Waals surface area (Å²) in [5, 5.41) is 12.1. The van der Waals surface area contributed by atoms with E-state index in [1.165, 1.54) is 18.4 Å². The van der Waals surface area contributed by atoms with E-state index in [1.807, 2.05) is 24.3 Å². The lowest BCUT2D eigenvalue weighted by Gasteiger charge is -2.13. The highest BCUT2D eigenvalue weighted by Crippen LogP contribution is 2.07. The van der Waals surface area contributed by atoms with E-state index in [-0.39, 0.29) is 0 Å². The lowest BCUT2D eigenvalue weighted by molar-refractivity contribution is 0.449. The van der Waals surface area contributed by atoms with Crippen LogP contribution in [0.2, 0.25) is 0 Å². The molecule has 1 N–H and O–H groups in total. The Hall–Kier alpha value is -1.33. The Kier molecular flexibility index (Phi) is 5.60. The lowest BCUT2D eigenvalue weighted by Crippen LogP contribution is -2.21. The van der Waals surface area contributed by atoms with E-state index in [4.69, 9.17) is 5.26 Å². The van der Waals surface area contributed by atoms with Crippen LogP contribution in [-0.4, -0.2) is 6.54 Å². The number of hydrogen-bond acceptors (Lipinski definition) is 2. The minimum Gasteiger partial charge on any atom is -0.312 e. The summed E-state index contributed by atoms with van der Waals surface area (Å²) in [6.45, 7) is 6.43. The maximum atomic E-state index is 8.68. The molecule has 0 aliphatic carbocycles. The van der Waals surface area contributed by atoms with Crippen molar-refractivity contribution in [3.8, 4) is 6.07 Å². The van der Waals surface area contributed by atoms with Gasteiger partial charge in [-0.1, -0.05) is 38.8 Å². The van der Waals surface area contributed by atoms with E-state index in [0.29, 0.717) is 0 Å². The molecule has 0 aliphatic rings. The number of nitrogens with one attached hydrogen (secondary N) is 1. The Balaban J connectivity index is 2.34. The van der Waals surface area contributed by atoms with Gasteiger partial charge < -0.3 is 5.32 Å². The van der Waals surface area contributed by atoms with Crippen LogP contribution in [0.5, 0.6) is 0 Å². The normalized spacial score (nSPS) is 10.4. The molecule has 0 aromatic heterocycles. The first kappa shape index (κ1) is 12.7. The average molecular weight is 216 g/mol. The number of rotatable bonds is 6. The SMILES string of the molecule is CCC(CC)CNCc1ccc(C#N)cc1. The number of nitriles is 1. The second-order valence-corrected chi connectivity index (χ2v) is 4.12. The largest absolute Gasteiger partial charge is 0.312 e. The van der Waals surface area contributed by atoms with Crippen molar-refractivity contribution in [2.45, 2.75) is 33.2 Å².